The van der Waals surface area contributed by atoms with Gasteiger partial charge in [-0.25, -0.2) is 8.42 Å². The van der Waals surface area contributed by atoms with Gasteiger partial charge in [-0.15, -0.1) is 0 Å². The number of nitrogens with one attached hydrogen (secondary N) is 2. The lowest BCUT2D eigenvalue weighted by molar-refractivity contribution is -0.144. The molecule has 150 valence electrons. The Morgan fingerprint density at radius 3 is 2.63 bits per heavy atom. The number of rotatable bonds is 8. The SMILES string of the molecule is C[C@@H](c1cccc(Cl)c1)N1CCC1(C)C(=O)NCCCC(=O)NS(C)(=O)=O. The van der Waals surface area contributed by atoms with E-state index < -0.39 is 21.5 Å². The number of carbonyl (C=O) groups excluding carboxylic acids is 2. The van der Waals surface area contributed by atoms with Crippen molar-refractivity contribution < 1.29 is 18.0 Å². The quantitative estimate of drug-likeness (QED) is 0.631. The molecule has 1 aliphatic rings. The van der Waals surface area contributed by atoms with Crippen LogP contribution in [0.2, 0.25) is 5.02 Å². The van der Waals surface area contributed by atoms with Crippen LogP contribution in [0.4, 0.5) is 0 Å². The van der Waals surface area contributed by atoms with Crippen molar-refractivity contribution in [3.8, 4) is 0 Å². The largest absolute Gasteiger partial charge is 0.354 e. The molecule has 9 heteroatoms. The van der Waals surface area contributed by atoms with Gasteiger partial charge < -0.3 is 5.32 Å². The zero-order valence-electron chi connectivity index (χ0n) is 15.8. The molecule has 0 aliphatic carbocycles. The van der Waals surface area contributed by atoms with Crippen LogP contribution in [-0.4, -0.2) is 50.0 Å². The van der Waals surface area contributed by atoms with E-state index in [4.69, 9.17) is 11.6 Å². The number of hydrogen-bond acceptors (Lipinski definition) is 5. The summed E-state index contributed by atoms with van der Waals surface area (Å²) >= 11 is 6.07. The first-order chi connectivity index (χ1) is 12.5. The number of amides is 2. The fourth-order valence-electron chi connectivity index (χ4n) is 3.29. The molecule has 1 aromatic carbocycles. The molecular weight excluding hydrogens is 390 g/mol. The van der Waals surface area contributed by atoms with Crippen LogP contribution >= 0.6 is 11.6 Å². The number of carbonyl (C=O) groups is 2. The van der Waals surface area contributed by atoms with E-state index in [9.17, 15) is 18.0 Å². The van der Waals surface area contributed by atoms with Crippen molar-refractivity contribution in [3.05, 3.63) is 34.9 Å². The van der Waals surface area contributed by atoms with Gasteiger partial charge in [0.1, 0.15) is 0 Å². The second-order valence-corrected chi connectivity index (χ2v) is 9.29. The molecule has 1 heterocycles. The number of likely N-dealkylation sites (tertiary alicyclic amines) is 1. The Hall–Kier alpha value is -1.64. The van der Waals surface area contributed by atoms with E-state index in [0.29, 0.717) is 18.0 Å². The van der Waals surface area contributed by atoms with Crippen molar-refractivity contribution in [1.29, 1.82) is 0 Å². The van der Waals surface area contributed by atoms with Gasteiger partial charge in [0, 0.05) is 30.6 Å². The summed E-state index contributed by atoms with van der Waals surface area (Å²) in [6, 6.07) is 7.66. The molecule has 2 amide bonds. The lowest BCUT2D eigenvalue weighted by atomic mass is 9.82. The summed E-state index contributed by atoms with van der Waals surface area (Å²) in [5.41, 5.74) is 0.440. The molecule has 7 nitrogen and oxygen atoms in total. The van der Waals surface area contributed by atoms with E-state index in [2.05, 4.69) is 10.2 Å². The Morgan fingerprint density at radius 1 is 1.37 bits per heavy atom. The normalized spacial score (nSPS) is 21.2. The Labute approximate surface area is 165 Å². The van der Waals surface area contributed by atoms with Crippen molar-refractivity contribution in [2.24, 2.45) is 0 Å². The molecule has 0 saturated carbocycles. The van der Waals surface area contributed by atoms with Gasteiger partial charge in [-0.2, -0.15) is 0 Å². The van der Waals surface area contributed by atoms with Crippen LogP contribution in [0.15, 0.2) is 24.3 Å². The molecule has 1 aromatic rings. The number of benzene rings is 1. The van der Waals surface area contributed by atoms with Crippen LogP contribution in [0, 0.1) is 0 Å². The number of halogens is 1. The standard InChI is InChI=1S/C18H26ClN3O4S/c1-13(14-6-4-7-15(19)12-14)22-11-9-18(22,2)17(24)20-10-5-8-16(23)21-27(3,25)26/h4,6-7,12-13H,5,8-11H2,1-3H3,(H,20,24)(H,21,23)/t13-,18?/m0/s1. The van der Waals surface area contributed by atoms with Crippen molar-refractivity contribution in [2.75, 3.05) is 19.3 Å². The molecule has 0 spiro atoms. The third-order valence-electron chi connectivity index (χ3n) is 4.93. The van der Waals surface area contributed by atoms with Crippen LogP contribution in [0.25, 0.3) is 0 Å². The molecular formula is C18H26ClN3O4S. The first kappa shape index (κ1) is 21.7. The van der Waals surface area contributed by atoms with Gasteiger partial charge >= 0.3 is 0 Å². The van der Waals surface area contributed by atoms with Crippen LogP contribution in [0.1, 0.15) is 44.7 Å². The molecule has 27 heavy (non-hydrogen) atoms. The Morgan fingerprint density at radius 2 is 2.07 bits per heavy atom. The Bertz CT molecular complexity index is 815. The van der Waals surface area contributed by atoms with Crippen molar-refractivity contribution in [3.63, 3.8) is 0 Å². The summed E-state index contributed by atoms with van der Waals surface area (Å²) in [7, 11) is -3.54. The molecule has 1 saturated heterocycles. The minimum atomic E-state index is -3.54. The third-order valence-corrected chi connectivity index (χ3v) is 5.76. The van der Waals surface area contributed by atoms with E-state index in [-0.39, 0.29) is 18.4 Å². The molecule has 1 unspecified atom stereocenters. The lowest BCUT2D eigenvalue weighted by Crippen LogP contribution is -2.66. The van der Waals surface area contributed by atoms with E-state index in [1.54, 1.807) is 0 Å². The van der Waals surface area contributed by atoms with Gasteiger partial charge in [-0.1, -0.05) is 23.7 Å². The summed E-state index contributed by atoms with van der Waals surface area (Å²) in [5, 5.41) is 3.52. The summed E-state index contributed by atoms with van der Waals surface area (Å²) in [5.74, 6) is -0.663. The van der Waals surface area contributed by atoms with Gasteiger partial charge in [0.15, 0.2) is 0 Å². The molecule has 1 fully saturated rings. The summed E-state index contributed by atoms with van der Waals surface area (Å²) in [4.78, 5) is 26.3. The van der Waals surface area contributed by atoms with E-state index in [1.165, 1.54) is 0 Å². The molecule has 2 N–H and O–H groups in total. The molecule has 2 rings (SSSR count). The maximum absolute atomic E-state index is 12.7. The topological polar surface area (TPSA) is 95.6 Å². The highest BCUT2D eigenvalue weighted by Crippen LogP contribution is 2.38. The van der Waals surface area contributed by atoms with Crippen LogP contribution in [0.5, 0.6) is 0 Å². The minimum Gasteiger partial charge on any atom is -0.354 e. The third kappa shape index (κ3) is 5.67. The molecule has 2 atom stereocenters. The lowest BCUT2D eigenvalue weighted by Gasteiger charge is -2.52. The first-order valence-corrected chi connectivity index (χ1v) is 11.1. The Balaban J connectivity index is 1.85. The van der Waals surface area contributed by atoms with E-state index in [1.807, 2.05) is 42.8 Å². The summed E-state index contributed by atoms with van der Waals surface area (Å²) in [6.45, 7) is 5.08. The molecule has 0 bridgehead atoms. The fraction of sp³-hybridized carbons (Fsp3) is 0.556. The first-order valence-electron chi connectivity index (χ1n) is 8.84. The van der Waals surface area contributed by atoms with Crippen LogP contribution < -0.4 is 10.0 Å². The average molecular weight is 416 g/mol. The fourth-order valence-corrected chi connectivity index (χ4v) is 4.00. The predicted octanol–water partition coefficient (Wildman–Crippen LogP) is 1.84. The van der Waals surface area contributed by atoms with Gasteiger partial charge in [-0.3, -0.25) is 19.2 Å². The highest BCUT2D eigenvalue weighted by Gasteiger charge is 2.48. The van der Waals surface area contributed by atoms with Gasteiger partial charge in [0.25, 0.3) is 0 Å². The second kappa shape index (κ2) is 8.58. The van der Waals surface area contributed by atoms with E-state index >= 15 is 0 Å². The van der Waals surface area contributed by atoms with Crippen LogP contribution in [0.3, 0.4) is 0 Å². The smallest absolute Gasteiger partial charge is 0.240 e. The minimum absolute atomic E-state index is 0.0344. The molecule has 0 aromatic heterocycles. The second-order valence-electron chi connectivity index (χ2n) is 7.11. The zero-order chi connectivity index (χ0) is 20.2. The van der Waals surface area contributed by atoms with Gasteiger partial charge in [0.2, 0.25) is 21.8 Å². The summed E-state index contributed by atoms with van der Waals surface area (Å²) in [6.07, 6.45) is 2.08. The zero-order valence-corrected chi connectivity index (χ0v) is 17.4. The number of sulfonamides is 1. The predicted molar refractivity (Wildman–Crippen MR) is 105 cm³/mol. The molecule has 0 radical (unpaired) electrons. The highest BCUT2D eigenvalue weighted by atomic mass is 35.5. The monoisotopic (exact) mass is 415 g/mol. The maximum atomic E-state index is 12.7. The van der Waals surface area contributed by atoms with Gasteiger partial charge in [-0.05, 0) is 44.4 Å². The van der Waals surface area contributed by atoms with E-state index in [0.717, 1.165) is 24.8 Å². The number of hydrogen-bond donors (Lipinski definition) is 2. The van der Waals surface area contributed by atoms with Crippen molar-refractivity contribution >= 4 is 33.4 Å². The maximum Gasteiger partial charge on any atom is 0.240 e. The number of nitrogens with zero attached hydrogens (tertiary/aromatic N) is 1. The van der Waals surface area contributed by atoms with Crippen molar-refractivity contribution in [1.82, 2.24) is 14.9 Å². The Kier molecular flexibility index (Phi) is 6.88. The summed E-state index contributed by atoms with van der Waals surface area (Å²) < 4.78 is 23.9. The van der Waals surface area contributed by atoms with Crippen LogP contribution in [-0.2, 0) is 19.6 Å². The average Bonchev–Trinajstić information content (AvgIpc) is 2.55. The van der Waals surface area contributed by atoms with Crippen molar-refractivity contribution in [2.45, 2.75) is 44.7 Å². The van der Waals surface area contributed by atoms with Gasteiger partial charge in [0.05, 0.1) is 11.8 Å². The molecule has 1 aliphatic heterocycles. The highest BCUT2D eigenvalue weighted by molar-refractivity contribution is 7.89.